The Kier molecular flexibility index (Phi) is 5.78. The van der Waals surface area contributed by atoms with E-state index in [1.807, 2.05) is 11.8 Å². The highest BCUT2D eigenvalue weighted by Crippen LogP contribution is 2.26. The van der Waals surface area contributed by atoms with Crippen molar-refractivity contribution < 1.29 is 0 Å². The maximum Gasteiger partial charge on any atom is 0.124 e. The Balaban J connectivity index is 1.22. The summed E-state index contributed by atoms with van der Waals surface area (Å²) in [5, 5.41) is 16.6. The second kappa shape index (κ2) is 7.59. The van der Waals surface area contributed by atoms with Crippen LogP contribution in [-0.4, -0.2) is 54.4 Å². The SMILES string of the molecule is CC1CCC(NCCCNC2NN3CC(C)NC3S2)NC1. The van der Waals surface area contributed by atoms with Gasteiger partial charge < -0.3 is 10.6 Å². The van der Waals surface area contributed by atoms with Gasteiger partial charge in [-0.2, -0.15) is 0 Å². The molecular weight excluding hydrogens is 284 g/mol. The van der Waals surface area contributed by atoms with Crippen molar-refractivity contribution in [3.05, 3.63) is 0 Å². The van der Waals surface area contributed by atoms with Gasteiger partial charge in [-0.25, -0.2) is 10.4 Å². The third-order valence-electron chi connectivity index (χ3n) is 4.46. The van der Waals surface area contributed by atoms with Gasteiger partial charge >= 0.3 is 0 Å². The molecule has 3 aliphatic heterocycles. The highest BCUT2D eigenvalue weighted by molar-refractivity contribution is 8.00. The molecule has 0 aliphatic carbocycles. The topological polar surface area (TPSA) is 63.4 Å². The first kappa shape index (κ1) is 16.0. The number of nitrogens with zero attached hydrogens (tertiary/aromatic N) is 1. The number of rotatable bonds is 6. The molecule has 3 heterocycles. The summed E-state index contributed by atoms with van der Waals surface area (Å²) < 4.78 is 0. The molecule has 6 nitrogen and oxygen atoms in total. The predicted molar refractivity (Wildman–Crippen MR) is 88.4 cm³/mol. The zero-order valence-electron chi connectivity index (χ0n) is 13.2. The van der Waals surface area contributed by atoms with E-state index in [9.17, 15) is 0 Å². The van der Waals surface area contributed by atoms with Crippen molar-refractivity contribution in [2.45, 2.75) is 56.3 Å². The molecule has 3 rings (SSSR count). The average molecular weight is 315 g/mol. The van der Waals surface area contributed by atoms with Crippen LogP contribution in [0, 0.1) is 5.92 Å². The second-order valence-electron chi connectivity index (χ2n) is 6.62. The van der Waals surface area contributed by atoms with Gasteiger partial charge in [-0.1, -0.05) is 18.7 Å². The van der Waals surface area contributed by atoms with Crippen LogP contribution in [0.5, 0.6) is 0 Å². The summed E-state index contributed by atoms with van der Waals surface area (Å²) in [6.07, 6.45) is 4.29. The molecule has 7 heteroatoms. The fourth-order valence-corrected chi connectivity index (χ4v) is 4.46. The lowest BCUT2D eigenvalue weighted by molar-refractivity contribution is 0.217. The molecule has 122 valence electrons. The van der Waals surface area contributed by atoms with Gasteiger partial charge in [0.2, 0.25) is 0 Å². The molecule has 21 heavy (non-hydrogen) atoms. The summed E-state index contributed by atoms with van der Waals surface area (Å²) in [5.41, 5.74) is 4.30. The van der Waals surface area contributed by atoms with Gasteiger partial charge in [-0.3, -0.25) is 10.6 Å². The van der Waals surface area contributed by atoms with Crippen LogP contribution in [0.3, 0.4) is 0 Å². The first-order chi connectivity index (χ1) is 10.2. The maximum absolute atomic E-state index is 3.61. The van der Waals surface area contributed by atoms with E-state index in [4.69, 9.17) is 0 Å². The lowest BCUT2D eigenvalue weighted by atomic mass is 10.00. The smallest absolute Gasteiger partial charge is 0.124 e. The first-order valence-corrected chi connectivity index (χ1v) is 9.29. The second-order valence-corrected chi connectivity index (χ2v) is 7.81. The van der Waals surface area contributed by atoms with Gasteiger partial charge in [0.05, 0.1) is 6.17 Å². The van der Waals surface area contributed by atoms with Crippen molar-refractivity contribution >= 4 is 11.8 Å². The van der Waals surface area contributed by atoms with E-state index < -0.39 is 0 Å². The van der Waals surface area contributed by atoms with Crippen molar-refractivity contribution in [2.24, 2.45) is 5.92 Å². The lowest BCUT2D eigenvalue weighted by Crippen LogP contribution is -2.48. The Labute approximate surface area is 132 Å². The van der Waals surface area contributed by atoms with Gasteiger partial charge in [0, 0.05) is 12.6 Å². The van der Waals surface area contributed by atoms with Crippen molar-refractivity contribution in [1.82, 2.24) is 31.7 Å². The third-order valence-corrected chi connectivity index (χ3v) is 5.66. The van der Waals surface area contributed by atoms with Crippen molar-refractivity contribution in [3.63, 3.8) is 0 Å². The van der Waals surface area contributed by atoms with Crippen LogP contribution in [0.15, 0.2) is 0 Å². The molecule has 5 N–H and O–H groups in total. The molecule has 0 aromatic heterocycles. The minimum absolute atomic E-state index is 0.351. The molecule has 0 spiro atoms. The van der Waals surface area contributed by atoms with Crippen molar-refractivity contribution in [1.29, 1.82) is 0 Å². The van der Waals surface area contributed by atoms with E-state index in [-0.39, 0.29) is 0 Å². The zero-order valence-corrected chi connectivity index (χ0v) is 14.0. The van der Waals surface area contributed by atoms with Gasteiger partial charge in [0.1, 0.15) is 11.0 Å². The Morgan fingerprint density at radius 1 is 1.19 bits per heavy atom. The summed E-state index contributed by atoms with van der Waals surface area (Å²) in [5.74, 6) is 0.834. The van der Waals surface area contributed by atoms with Crippen LogP contribution in [0.25, 0.3) is 0 Å². The molecule has 0 saturated carbocycles. The van der Waals surface area contributed by atoms with Crippen LogP contribution in [-0.2, 0) is 0 Å². The van der Waals surface area contributed by atoms with E-state index >= 15 is 0 Å². The van der Waals surface area contributed by atoms with Crippen LogP contribution >= 0.6 is 11.8 Å². The van der Waals surface area contributed by atoms with E-state index in [2.05, 4.69) is 45.5 Å². The molecule has 5 unspecified atom stereocenters. The molecule has 3 saturated heterocycles. The molecule has 3 fully saturated rings. The lowest BCUT2D eigenvalue weighted by Gasteiger charge is -2.28. The largest absolute Gasteiger partial charge is 0.302 e. The monoisotopic (exact) mass is 314 g/mol. The van der Waals surface area contributed by atoms with E-state index in [1.165, 1.54) is 19.3 Å². The molecule has 5 atom stereocenters. The fourth-order valence-electron chi connectivity index (χ4n) is 3.18. The van der Waals surface area contributed by atoms with Crippen LogP contribution in [0.4, 0.5) is 0 Å². The number of hydrazine groups is 1. The summed E-state index contributed by atoms with van der Waals surface area (Å²) in [6.45, 7) is 8.93. The average Bonchev–Trinajstić information content (AvgIpc) is 2.97. The van der Waals surface area contributed by atoms with E-state index in [0.717, 1.165) is 32.1 Å². The van der Waals surface area contributed by atoms with Crippen LogP contribution < -0.4 is 26.7 Å². The summed E-state index contributed by atoms with van der Waals surface area (Å²) in [6, 6.07) is 0.589. The molecule has 0 aromatic carbocycles. The van der Waals surface area contributed by atoms with Gasteiger partial charge in [-0.15, -0.1) is 0 Å². The number of nitrogens with one attached hydrogen (secondary N) is 5. The fraction of sp³-hybridized carbons (Fsp3) is 1.00. The molecule has 0 bridgehead atoms. The quantitative estimate of drug-likeness (QED) is 0.443. The molecule has 0 aromatic rings. The number of thioether (sulfide) groups is 1. The summed E-state index contributed by atoms with van der Waals surface area (Å²) >= 11 is 1.93. The van der Waals surface area contributed by atoms with E-state index in [0.29, 0.717) is 23.2 Å². The van der Waals surface area contributed by atoms with Crippen LogP contribution in [0.1, 0.15) is 33.1 Å². The summed E-state index contributed by atoms with van der Waals surface area (Å²) in [4.78, 5) is 0. The number of hydrogen-bond donors (Lipinski definition) is 5. The molecule has 0 amide bonds. The van der Waals surface area contributed by atoms with Gasteiger partial charge in [0.15, 0.2) is 0 Å². The summed E-state index contributed by atoms with van der Waals surface area (Å²) in [7, 11) is 0. The Bertz CT molecular complexity index is 309. The normalized spacial score (nSPS) is 40.6. The zero-order chi connectivity index (χ0) is 14.7. The standard InChI is InChI=1S/C14H30N6S/c1-10-4-5-12(17-8-10)15-6-3-7-16-13-19-20-9-11(2)18-14(20)21-13/h10-19H,3-9H2,1-2H3. The van der Waals surface area contributed by atoms with Crippen molar-refractivity contribution in [3.8, 4) is 0 Å². The van der Waals surface area contributed by atoms with Crippen molar-refractivity contribution in [2.75, 3.05) is 26.2 Å². The number of fused-ring (bicyclic) bond motifs is 1. The minimum Gasteiger partial charge on any atom is -0.302 e. The molecule has 3 aliphatic rings. The van der Waals surface area contributed by atoms with Crippen LogP contribution in [0.2, 0.25) is 0 Å². The predicted octanol–water partition coefficient (Wildman–Crippen LogP) is 0.0136. The minimum atomic E-state index is 0.351. The van der Waals surface area contributed by atoms with Gasteiger partial charge in [-0.05, 0) is 51.7 Å². The number of piperidine rings is 1. The highest BCUT2D eigenvalue weighted by Gasteiger charge is 2.38. The Morgan fingerprint density at radius 2 is 2.05 bits per heavy atom. The Morgan fingerprint density at radius 3 is 2.81 bits per heavy atom. The molecule has 0 radical (unpaired) electrons. The Hall–Kier alpha value is 0.110. The molecular formula is C14H30N6S. The first-order valence-electron chi connectivity index (χ1n) is 8.35. The number of hydrogen-bond acceptors (Lipinski definition) is 7. The maximum atomic E-state index is 3.61. The van der Waals surface area contributed by atoms with E-state index in [1.54, 1.807) is 0 Å². The third kappa shape index (κ3) is 4.54. The van der Waals surface area contributed by atoms with Gasteiger partial charge in [0.25, 0.3) is 0 Å². The highest BCUT2D eigenvalue weighted by atomic mass is 32.2.